The number of pyridine rings is 1. The minimum absolute atomic E-state index is 0.00879. The van der Waals surface area contributed by atoms with Gasteiger partial charge in [0.15, 0.2) is 0 Å². The second-order valence-electron chi connectivity index (χ2n) is 8.96. The fraction of sp³-hybridized carbons (Fsp3) is 0.357. The summed E-state index contributed by atoms with van der Waals surface area (Å²) in [6.07, 6.45) is 5.22. The van der Waals surface area contributed by atoms with Crippen molar-refractivity contribution in [2.75, 3.05) is 33.3 Å². The van der Waals surface area contributed by atoms with Crippen LogP contribution in [0.3, 0.4) is 0 Å². The van der Waals surface area contributed by atoms with Gasteiger partial charge in [-0.15, -0.1) is 0 Å². The average Bonchev–Trinajstić information content (AvgIpc) is 2.84. The number of nitrogens with zero attached hydrogens (tertiary/aromatic N) is 3. The van der Waals surface area contributed by atoms with Gasteiger partial charge in [-0.1, -0.05) is 48.5 Å². The Hall–Kier alpha value is -3.02. The molecule has 1 aliphatic rings. The number of aryl methyl sites for hydroxylation is 1. The lowest BCUT2D eigenvalue weighted by Crippen LogP contribution is -2.56. The molecule has 5 nitrogen and oxygen atoms in total. The summed E-state index contributed by atoms with van der Waals surface area (Å²) in [7, 11) is 1.84. The van der Waals surface area contributed by atoms with Gasteiger partial charge in [0.1, 0.15) is 0 Å². The van der Waals surface area contributed by atoms with Crippen LogP contribution in [0.2, 0.25) is 0 Å². The largest absolute Gasteiger partial charge is 0.395 e. The standard InChI is InChI=1S/C28H33N3O2/c1-21-8-3-4-10-25(21)22-11-13-23(14-12-22)26-19-31(27(26)20-32)17-6-5-16-30(2)28(33)24-9-7-15-29-18-24/h3-4,7-15,18,26-27,32H,5-6,16-17,19-20H2,1-2H3/t26-,27+/m0/s1. The number of aliphatic hydroxyl groups excluding tert-OH is 1. The molecular weight excluding hydrogens is 410 g/mol. The Labute approximate surface area is 196 Å². The summed E-state index contributed by atoms with van der Waals surface area (Å²) in [5, 5.41) is 10.0. The normalized spacial score (nSPS) is 18.0. The summed E-state index contributed by atoms with van der Waals surface area (Å²) >= 11 is 0. The molecule has 4 rings (SSSR count). The summed E-state index contributed by atoms with van der Waals surface area (Å²) < 4.78 is 0. The Bertz CT molecular complexity index is 1050. The Morgan fingerprint density at radius 3 is 2.58 bits per heavy atom. The molecule has 0 unspecified atom stereocenters. The highest BCUT2D eigenvalue weighted by Gasteiger charge is 2.38. The van der Waals surface area contributed by atoms with E-state index in [1.165, 1.54) is 22.3 Å². The van der Waals surface area contributed by atoms with E-state index in [1.54, 1.807) is 29.4 Å². The van der Waals surface area contributed by atoms with Crippen LogP contribution in [0.25, 0.3) is 11.1 Å². The first kappa shape index (κ1) is 23.1. The monoisotopic (exact) mass is 443 g/mol. The first-order valence-electron chi connectivity index (χ1n) is 11.7. The molecule has 1 saturated heterocycles. The molecule has 1 fully saturated rings. The molecule has 2 aromatic carbocycles. The number of amides is 1. The highest BCUT2D eigenvalue weighted by atomic mass is 16.3. The predicted molar refractivity (Wildman–Crippen MR) is 132 cm³/mol. The first-order chi connectivity index (χ1) is 16.1. The van der Waals surface area contributed by atoms with E-state index >= 15 is 0 Å². The van der Waals surface area contributed by atoms with Crippen molar-refractivity contribution in [1.82, 2.24) is 14.8 Å². The maximum Gasteiger partial charge on any atom is 0.255 e. The number of rotatable bonds is 9. The summed E-state index contributed by atoms with van der Waals surface area (Å²) in [6, 6.07) is 21.0. The van der Waals surface area contributed by atoms with Gasteiger partial charge in [0.25, 0.3) is 5.91 Å². The third-order valence-electron chi connectivity index (χ3n) is 6.79. The lowest BCUT2D eigenvalue weighted by molar-refractivity contribution is 0.0157. The zero-order chi connectivity index (χ0) is 23.2. The molecule has 1 amide bonds. The van der Waals surface area contributed by atoms with E-state index in [4.69, 9.17) is 0 Å². The third-order valence-corrected chi connectivity index (χ3v) is 6.79. The van der Waals surface area contributed by atoms with Crippen LogP contribution in [0, 0.1) is 6.92 Å². The smallest absolute Gasteiger partial charge is 0.255 e. The maximum atomic E-state index is 12.4. The Morgan fingerprint density at radius 1 is 1.09 bits per heavy atom. The molecule has 172 valence electrons. The van der Waals surface area contributed by atoms with Crippen LogP contribution >= 0.6 is 0 Å². The summed E-state index contributed by atoms with van der Waals surface area (Å²) in [5.74, 6) is 0.380. The molecule has 2 atom stereocenters. The second-order valence-corrected chi connectivity index (χ2v) is 8.96. The van der Waals surface area contributed by atoms with E-state index in [2.05, 4.69) is 65.3 Å². The van der Waals surface area contributed by atoms with Crippen molar-refractivity contribution >= 4 is 5.91 Å². The number of aliphatic hydroxyl groups is 1. The fourth-order valence-corrected chi connectivity index (χ4v) is 4.74. The molecular formula is C28H33N3O2. The van der Waals surface area contributed by atoms with Gasteiger partial charge in [0.05, 0.1) is 12.2 Å². The maximum absolute atomic E-state index is 12.4. The zero-order valence-corrected chi connectivity index (χ0v) is 19.5. The topological polar surface area (TPSA) is 56.7 Å². The molecule has 2 heterocycles. The minimum Gasteiger partial charge on any atom is -0.395 e. The first-order valence-corrected chi connectivity index (χ1v) is 11.7. The van der Waals surface area contributed by atoms with E-state index in [0.717, 1.165) is 32.5 Å². The number of benzene rings is 2. The Balaban J connectivity index is 1.25. The molecule has 0 radical (unpaired) electrons. The molecule has 0 spiro atoms. The highest BCUT2D eigenvalue weighted by molar-refractivity contribution is 5.93. The van der Waals surface area contributed by atoms with Crippen molar-refractivity contribution in [3.8, 4) is 11.1 Å². The van der Waals surface area contributed by atoms with Gasteiger partial charge in [-0.05, 0) is 60.7 Å². The Morgan fingerprint density at radius 2 is 1.88 bits per heavy atom. The second kappa shape index (κ2) is 10.7. The van der Waals surface area contributed by atoms with Gasteiger partial charge in [-0.2, -0.15) is 0 Å². The molecule has 0 bridgehead atoms. The van der Waals surface area contributed by atoms with Crippen molar-refractivity contribution in [2.24, 2.45) is 0 Å². The van der Waals surface area contributed by atoms with Crippen molar-refractivity contribution in [3.63, 3.8) is 0 Å². The van der Waals surface area contributed by atoms with Crippen LogP contribution in [0.1, 0.15) is 40.2 Å². The molecule has 1 N–H and O–H groups in total. The van der Waals surface area contributed by atoms with E-state index in [-0.39, 0.29) is 18.6 Å². The molecule has 1 aliphatic heterocycles. The SMILES string of the molecule is Cc1ccccc1-c1ccc([C@@H]2CN(CCCCN(C)C(=O)c3cccnc3)[C@@H]2CO)cc1. The van der Waals surface area contributed by atoms with Gasteiger partial charge in [0, 0.05) is 44.5 Å². The van der Waals surface area contributed by atoms with Crippen molar-refractivity contribution < 1.29 is 9.90 Å². The minimum atomic E-state index is 0.00879. The average molecular weight is 444 g/mol. The van der Waals surface area contributed by atoms with E-state index in [0.29, 0.717) is 11.5 Å². The van der Waals surface area contributed by atoms with Gasteiger partial charge < -0.3 is 10.0 Å². The lowest BCUT2D eigenvalue weighted by atomic mass is 9.82. The fourth-order valence-electron chi connectivity index (χ4n) is 4.74. The van der Waals surface area contributed by atoms with Crippen molar-refractivity contribution in [3.05, 3.63) is 89.7 Å². The number of unbranched alkanes of at least 4 members (excludes halogenated alkanes) is 1. The van der Waals surface area contributed by atoms with Crippen LogP contribution in [0.4, 0.5) is 0 Å². The quantitative estimate of drug-likeness (QED) is 0.499. The molecule has 0 aliphatic carbocycles. The molecule has 0 saturated carbocycles. The van der Waals surface area contributed by atoms with Crippen molar-refractivity contribution in [1.29, 1.82) is 0 Å². The van der Waals surface area contributed by atoms with E-state index in [1.807, 2.05) is 7.05 Å². The lowest BCUT2D eigenvalue weighted by Gasteiger charge is -2.48. The number of hydrogen-bond donors (Lipinski definition) is 1. The van der Waals surface area contributed by atoms with Gasteiger partial charge in [-0.25, -0.2) is 0 Å². The molecule has 5 heteroatoms. The number of carbonyl (C=O) groups is 1. The molecule has 1 aromatic heterocycles. The van der Waals surface area contributed by atoms with E-state index in [9.17, 15) is 9.90 Å². The molecule has 33 heavy (non-hydrogen) atoms. The van der Waals surface area contributed by atoms with Crippen LogP contribution in [-0.2, 0) is 0 Å². The van der Waals surface area contributed by atoms with Gasteiger partial charge in [-0.3, -0.25) is 14.7 Å². The number of likely N-dealkylation sites (tertiary alicyclic amines) is 1. The summed E-state index contributed by atoms with van der Waals surface area (Å²) in [6.45, 7) is 4.94. The van der Waals surface area contributed by atoms with Crippen molar-refractivity contribution in [2.45, 2.75) is 31.7 Å². The number of aromatic nitrogens is 1. The number of hydrogen-bond acceptors (Lipinski definition) is 4. The third kappa shape index (κ3) is 5.32. The van der Waals surface area contributed by atoms with Crippen LogP contribution < -0.4 is 0 Å². The van der Waals surface area contributed by atoms with E-state index < -0.39 is 0 Å². The highest BCUT2D eigenvalue weighted by Crippen LogP contribution is 2.35. The zero-order valence-electron chi connectivity index (χ0n) is 19.5. The molecule has 3 aromatic rings. The van der Waals surface area contributed by atoms with Gasteiger partial charge >= 0.3 is 0 Å². The van der Waals surface area contributed by atoms with Crippen LogP contribution in [0.5, 0.6) is 0 Å². The Kier molecular flexibility index (Phi) is 7.53. The predicted octanol–water partition coefficient (Wildman–Crippen LogP) is 4.37. The summed E-state index contributed by atoms with van der Waals surface area (Å²) in [5.41, 5.74) is 5.70. The summed E-state index contributed by atoms with van der Waals surface area (Å²) in [4.78, 5) is 20.6. The number of carbonyl (C=O) groups excluding carboxylic acids is 1. The van der Waals surface area contributed by atoms with Crippen LogP contribution in [0.15, 0.2) is 73.1 Å². The van der Waals surface area contributed by atoms with Gasteiger partial charge in [0.2, 0.25) is 0 Å². The van der Waals surface area contributed by atoms with Crippen LogP contribution in [-0.4, -0.2) is 65.1 Å².